The maximum absolute atomic E-state index is 12.2. The number of ether oxygens (including phenoxy) is 2. The van der Waals surface area contributed by atoms with Gasteiger partial charge in [-0.2, -0.15) is 0 Å². The van der Waals surface area contributed by atoms with Crippen LogP contribution in [0.25, 0.3) is 0 Å². The molecule has 1 rings (SSSR count). The molecule has 0 aliphatic heterocycles. The first-order chi connectivity index (χ1) is 8.10. The van der Waals surface area contributed by atoms with Gasteiger partial charge in [-0.1, -0.05) is 19.9 Å². The van der Waals surface area contributed by atoms with Gasteiger partial charge in [0.25, 0.3) is 0 Å². The van der Waals surface area contributed by atoms with E-state index >= 15 is 0 Å². The second kappa shape index (κ2) is 8.59. The molecule has 1 aromatic rings. The van der Waals surface area contributed by atoms with Crippen molar-refractivity contribution >= 4 is 14.1 Å². The molecule has 0 saturated carbocycles. The van der Waals surface area contributed by atoms with Crippen molar-refractivity contribution in [3.05, 3.63) is 23.8 Å². The molecule has 0 amide bonds. The van der Waals surface area contributed by atoms with Gasteiger partial charge < -0.3 is 10.9 Å². The molecule has 1 atom stereocenters. The summed E-state index contributed by atoms with van der Waals surface area (Å²) < 4.78 is 10.4. The van der Waals surface area contributed by atoms with Crippen molar-refractivity contribution in [2.24, 2.45) is 5.92 Å². The van der Waals surface area contributed by atoms with Crippen molar-refractivity contribution in [2.75, 3.05) is 20.4 Å². The Balaban J connectivity index is 0. The van der Waals surface area contributed by atoms with Crippen molar-refractivity contribution in [1.82, 2.24) is 0 Å². The van der Waals surface area contributed by atoms with Gasteiger partial charge in [0.15, 0.2) is 5.52 Å². The fourth-order valence-electron chi connectivity index (χ4n) is 1.46. The average molecular weight is 262 g/mol. The smallest absolute Gasteiger partial charge is 1.00 e. The summed E-state index contributed by atoms with van der Waals surface area (Å²) in [5.41, 5.74) is 0.671. The second-order valence-electron chi connectivity index (χ2n) is 4.14. The van der Waals surface area contributed by atoms with E-state index in [0.717, 1.165) is 6.16 Å². The Hall–Kier alpha value is -0.483. The number of benzene rings is 1. The summed E-state index contributed by atoms with van der Waals surface area (Å²) in [7, 11) is 3.40. The van der Waals surface area contributed by atoms with E-state index < -0.39 is 0 Å². The van der Waals surface area contributed by atoms with E-state index in [4.69, 9.17) is 9.47 Å². The van der Waals surface area contributed by atoms with Crippen LogP contribution in [-0.4, -0.2) is 25.9 Å². The first-order valence-corrected chi connectivity index (χ1v) is 6.80. The standard InChI is InChI=1S/C13H19O3P.Li.H/c1-9(2)8-17-13(14)12-10(15-3)6-5-7-11(12)16-4;;/h5-7,9,17H,8H2,1-4H3;;/q;+1;-1. The molecule has 0 spiro atoms. The van der Waals surface area contributed by atoms with Gasteiger partial charge in [-0.15, -0.1) is 0 Å². The number of rotatable bonds is 6. The predicted molar refractivity (Wildman–Crippen MR) is 73.0 cm³/mol. The van der Waals surface area contributed by atoms with Crippen LogP contribution in [-0.2, 0) is 0 Å². The van der Waals surface area contributed by atoms with Crippen molar-refractivity contribution < 1.29 is 34.6 Å². The Morgan fingerprint density at radius 3 is 2.17 bits per heavy atom. The maximum Gasteiger partial charge on any atom is 1.00 e. The topological polar surface area (TPSA) is 35.5 Å². The largest absolute Gasteiger partial charge is 1.00 e. The van der Waals surface area contributed by atoms with Gasteiger partial charge in [0.05, 0.1) is 14.2 Å². The molecule has 3 nitrogen and oxygen atoms in total. The Morgan fingerprint density at radius 1 is 1.28 bits per heavy atom. The molecule has 0 N–H and O–H groups in total. The molecule has 0 bridgehead atoms. The molecular formula is C13H20LiO3P. The summed E-state index contributed by atoms with van der Waals surface area (Å²) in [6.07, 6.45) is 0.903. The number of carbonyl (C=O) groups excluding carboxylic acids is 1. The quantitative estimate of drug-likeness (QED) is 0.546. The molecule has 0 heterocycles. The van der Waals surface area contributed by atoms with Gasteiger partial charge in [0.1, 0.15) is 17.1 Å². The molecule has 0 saturated heterocycles. The zero-order valence-electron chi connectivity index (χ0n) is 12.7. The normalized spacial score (nSPS) is 10.5. The Bertz CT molecular complexity index is 377. The number of methoxy groups -OCH3 is 2. The molecule has 5 heteroatoms. The monoisotopic (exact) mass is 262 g/mol. The minimum Gasteiger partial charge on any atom is -1.00 e. The van der Waals surface area contributed by atoms with Crippen LogP contribution in [0.3, 0.4) is 0 Å². The van der Waals surface area contributed by atoms with Crippen LogP contribution in [0.2, 0.25) is 0 Å². The first-order valence-electron chi connectivity index (χ1n) is 5.59. The molecule has 1 unspecified atom stereocenters. The molecule has 0 fully saturated rings. The fourth-order valence-corrected chi connectivity index (χ4v) is 2.48. The zero-order chi connectivity index (χ0) is 12.8. The summed E-state index contributed by atoms with van der Waals surface area (Å²) in [6.45, 7) is 4.22. The van der Waals surface area contributed by atoms with Crippen molar-refractivity contribution in [1.29, 1.82) is 0 Å². The number of carbonyl (C=O) groups is 1. The van der Waals surface area contributed by atoms with Gasteiger partial charge in [0.2, 0.25) is 0 Å². The van der Waals surface area contributed by atoms with Gasteiger partial charge in [-0.05, 0) is 32.8 Å². The van der Waals surface area contributed by atoms with E-state index in [0.29, 0.717) is 23.0 Å². The molecule has 1 aromatic carbocycles. The van der Waals surface area contributed by atoms with Crippen LogP contribution in [0.1, 0.15) is 25.6 Å². The van der Waals surface area contributed by atoms with E-state index in [1.165, 1.54) is 0 Å². The van der Waals surface area contributed by atoms with Crippen LogP contribution < -0.4 is 28.3 Å². The first kappa shape index (κ1) is 17.5. The van der Waals surface area contributed by atoms with Crippen LogP contribution in [0.15, 0.2) is 18.2 Å². The van der Waals surface area contributed by atoms with Crippen molar-refractivity contribution in [3.8, 4) is 11.5 Å². The molecule has 0 aliphatic carbocycles. The molecule has 0 radical (unpaired) electrons. The fraction of sp³-hybridized carbons (Fsp3) is 0.462. The van der Waals surface area contributed by atoms with Gasteiger partial charge in [0, 0.05) is 0 Å². The van der Waals surface area contributed by atoms with Crippen LogP contribution >= 0.6 is 8.58 Å². The Labute approximate surface area is 124 Å². The average Bonchev–Trinajstić information content (AvgIpc) is 2.34. The number of hydrogen-bond acceptors (Lipinski definition) is 3. The molecule has 18 heavy (non-hydrogen) atoms. The second-order valence-corrected chi connectivity index (χ2v) is 5.36. The summed E-state index contributed by atoms with van der Waals surface area (Å²) in [6, 6.07) is 5.39. The van der Waals surface area contributed by atoms with Gasteiger partial charge in [-0.3, -0.25) is 4.79 Å². The van der Waals surface area contributed by atoms with Gasteiger partial charge in [-0.25, -0.2) is 0 Å². The number of hydrogen-bond donors (Lipinski definition) is 0. The van der Waals surface area contributed by atoms with Crippen molar-refractivity contribution in [3.63, 3.8) is 0 Å². The Kier molecular flexibility index (Phi) is 8.36. The molecule has 0 aromatic heterocycles. The van der Waals surface area contributed by atoms with Crippen LogP contribution in [0, 0.1) is 5.92 Å². The van der Waals surface area contributed by atoms with E-state index in [-0.39, 0.29) is 34.4 Å². The third-order valence-corrected chi connectivity index (χ3v) is 3.92. The SMILES string of the molecule is COc1cccc(OC)c1C(=O)PCC(C)C.[H-].[Li+]. The van der Waals surface area contributed by atoms with Crippen molar-refractivity contribution in [2.45, 2.75) is 13.8 Å². The molecule has 96 valence electrons. The third kappa shape index (κ3) is 4.65. The van der Waals surface area contributed by atoms with Crippen LogP contribution in [0.4, 0.5) is 0 Å². The van der Waals surface area contributed by atoms with Gasteiger partial charge >= 0.3 is 18.9 Å². The van der Waals surface area contributed by atoms with E-state index in [9.17, 15) is 4.79 Å². The Morgan fingerprint density at radius 2 is 1.78 bits per heavy atom. The third-order valence-electron chi connectivity index (χ3n) is 2.33. The maximum atomic E-state index is 12.2. The predicted octanol–water partition coefficient (Wildman–Crippen LogP) is 0.295. The summed E-state index contributed by atoms with van der Waals surface area (Å²) >= 11 is 0. The van der Waals surface area contributed by atoms with E-state index in [2.05, 4.69) is 13.8 Å². The minimum absolute atomic E-state index is 0. The molecular weight excluding hydrogens is 242 g/mol. The summed E-state index contributed by atoms with van der Waals surface area (Å²) in [5, 5.41) is 0. The molecule has 0 aliphatic rings. The van der Waals surface area contributed by atoms with Crippen LogP contribution in [0.5, 0.6) is 11.5 Å². The van der Waals surface area contributed by atoms with E-state index in [1.54, 1.807) is 26.4 Å². The summed E-state index contributed by atoms with van der Waals surface area (Å²) in [4.78, 5) is 12.2. The minimum atomic E-state index is 0. The summed E-state index contributed by atoms with van der Waals surface area (Å²) in [5.74, 6) is 1.70. The van der Waals surface area contributed by atoms with E-state index in [1.807, 2.05) is 6.07 Å². The zero-order valence-corrected chi connectivity index (χ0v) is 12.7.